The lowest BCUT2D eigenvalue weighted by atomic mass is 9.90. The van der Waals surface area contributed by atoms with E-state index >= 15 is 0 Å². The first kappa shape index (κ1) is 20.9. The predicted molar refractivity (Wildman–Crippen MR) is 124 cm³/mol. The van der Waals surface area contributed by atoms with E-state index in [4.69, 9.17) is 4.74 Å². The number of methoxy groups -OCH3 is 1. The molecule has 1 amide bonds. The Balaban J connectivity index is 1.11. The maximum Gasteiger partial charge on any atom is 0.223 e. The number of carbonyl (C=O) groups is 1. The topological polar surface area (TPSA) is 67.3 Å². The summed E-state index contributed by atoms with van der Waals surface area (Å²) in [6.45, 7) is 3.60. The van der Waals surface area contributed by atoms with Crippen LogP contribution in [0.5, 0.6) is 5.75 Å². The first-order valence-electron chi connectivity index (χ1n) is 11.5. The van der Waals surface area contributed by atoms with Gasteiger partial charge in [-0.15, -0.1) is 0 Å². The van der Waals surface area contributed by atoms with Crippen LogP contribution in [0.4, 0.5) is 0 Å². The molecule has 0 bridgehead atoms. The van der Waals surface area contributed by atoms with Gasteiger partial charge in [0.1, 0.15) is 5.75 Å². The number of carbonyl (C=O) groups excluding carboxylic acids is 1. The molecular formula is C26H30N4O2. The summed E-state index contributed by atoms with van der Waals surface area (Å²) >= 11 is 0. The first-order chi connectivity index (χ1) is 15.7. The van der Waals surface area contributed by atoms with Crippen LogP contribution < -0.4 is 10.1 Å². The summed E-state index contributed by atoms with van der Waals surface area (Å²) in [5, 5.41) is 3.16. The van der Waals surface area contributed by atoms with Crippen molar-refractivity contribution in [3.8, 4) is 5.75 Å². The zero-order chi connectivity index (χ0) is 22.0. The maximum absolute atomic E-state index is 12.8. The summed E-state index contributed by atoms with van der Waals surface area (Å²) < 4.78 is 5.40. The molecule has 1 saturated heterocycles. The smallest absolute Gasteiger partial charge is 0.223 e. The number of rotatable bonds is 7. The van der Waals surface area contributed by atoms with E-state index in [9.17, 15) is 4.79 Å². The summed E-state index contributed by atoms with van der Waals surface area (Å²) in [6, 6.07) is 14.2. The summed E-state index contributed by atoms with van der Waals surface area (Å²) in [4.78, 5) is 24.2. The monoisotopic (exact) mass is 430 g/mol. The fourth-order valence-electron chi connectivity index (χ4n) is 5.20. The van der Waals surface area contributed by atoms with Crippen LogP contribution >= 0.6 is 0 Å². The van der Waals surface area contributed by atoms with E-state index in [-0.39, 0.29) is 17.2 Å². The maximum atomic E-state index is 12.8. The minimum absolute atomic E-state index is 0.172. The molecule has 2 aromatic carbocycles. The quantitative estimate of drug-likeness (QED) is 0.620. The lowest BCUT2D eigenvalue weighted by Crippen LogP contribution is -2.37. The molecule has 166 valence electrons. The minimum Gasteiger partial charge on any atom is -0.496 e. The SMILES string of the molecule is COc1ccccc1CCNC(=O)[C@H]1CC12CCN(Cc1cccc3nccnc13)CC2. The van der Waals surface area contributed by atoms with Crippen molar-refractivity contribution < 1.29 is 9.53 Å². The van der Waals surface area contributed by atoms with E-state index in [1.165, 1.54) is 5.56 Å². The number of nitrogens with one attached hydrogen (secondary N) is 1. The number of fused-ring (bicyclic) bond motifs is 1. The van der Waals surface area contributed by atoms with Crippen LogP contribution in [-0.2, 0) is 17.8 Å². The molecule has 6 nitrogen and oxygen atoms in total. The second-order valence-electron chi connectivity index (χ2n) is 9.09. The lowest BCUT2D eigenvalue weighted by molar-refractivity contribution is -0.123. The number of amides is 1. The number of para-hydroxylation sites is 2. The third-order valence-electron chi connectivity index (χ3n) is 7.22. The summed E-state index contributed by atoms with van der Waals surface area (Å²) in [7, 11) is 1.69. The number of nitrogens with zero attached hydrogens (tertiary/aromatic N) is 3. The van der Waals surface area contributed by atoms with Gasteiger partial charge in [-0.2, -0.15) is 0 Å². The molecule has 0 radical (unpaired) electrons. The van der Waals surface area contributed by atoms with Crippen molar-refractivity contribution >= 4 is 16.9 Å². The van der Waals surface area contributed by atoms with Crippen LogP contribution in [0.15, 0.2) is 54.9 Å². The highest BCUT2D eigenvalue weighted by Gasteiger charge is 2.58. The number of benzene rings is 2. The average Bonchev–Trinajstić information content (AvgIpc) is 3.54. The van der Waals surface area contributed by atoms with Gasteiger partial charge < -0.3 is 10.1 Å². The van der Waals surface area contributed by atoms with Gasteiger partial charge in [0.15, 0.2) is 0 Å². The van der Waals surface area contributed by atoms with E-state index in [1.54, 1.807) is 19.5 Å². The van der Waals surface area contributed by atoms with Crippen LogP contribution in [0.2, 0.25) is 0 Å². The fraction of sp³-hybridized carbons (Fsp3) is 0.423. The highest BCUT2D eigenvalue weighted by Crippen LogP contribution is 2.59. The van der Waals surface area contributed by atoms with Crippen LogP contribution in [0, 0.1) is 11.3 Å². The second-order valence-corrected chi connectivity index (χ2v) is 9.09. The van der Waals surface area contributed by atoms with Gasteiger partial charge in [0.05, 0.1) is 18.1 Å². The van der Waals surface area contributed by atoms with Crippen LogP contribution in [0.25, 0.3) is 11.0 Å². The number of likely N-dealkylation sites (tertiary alicyclic amines) is 1. The zero-order valence-electron chi connectivity index (χ0n) is 18.6. The van der Waals surface area contributed by atoms with Gasteiger partial charge in [-0.3, -0.25) is 19.7 Å². The van der Waals surface area contributed by atoms with Gasteiger partial charge in [0.2, 0.25) is 5.91 Å². The minimum atomic E-state index is 0.172. The number of hydrogen-bond acceptors (Lipinski definition) is 5. The van der Waals surface area contributed by atoms with Gasteiger partial charge in [-0.05, 0) is 67.4 Å². The lowest BCUT2D eigenvalue weighted by Gasteiger charge is -2.33. The molecule has 5 rings (SSSR count). The Morgan fingerprint density at radius 1 is 1.09 bits per heavy atom. The molecule has 3 aromatic rings. The van der Waals surface area contributed by atoms with Crippen molar-refractivity contribution in [2.45, 2.75) is 32.2 Å². The fourth-order valence-corrected chi connectivity index (χ4v) is 5.20. The van der Waals surface area contributed by atoms with Gasteiger partial charge in [-0.25, -0.2) is 0 Å². The zero-order valence-corrected chi connectivity index (χ0v) is 18.6. The van der Waals surface area contributed by atoms with Crippen molar-refractivity contribution in [1.29, 1.82) is 0 Å². The summed E-state index contributed by atoms with van der Waals surface area (Å²) in [5.41, 5.74) is 4.52. The molecular weight excluding hydrogens is 400 g/mol. The largest absolute Gasteiger partial charge is 0.496 e. The van der Waals surface area contributed by atoms with E-state index in [0.717, 1.165) is 67.7 Å². The van der Waals surface area contributed by atoms with E-state index in [2.05, 4.69) is 38.4 Å². The molecule has 1 aliphatic heterocycles. The van der Waals surface area contributed by atoms with Crippen molar-refractivity contribution in [2.75, 3.05) is 26.7 Å². The Morgan fingerprint density at radius 2 is 1.88 bits per heavy atom. The molecule has 1 aromatic heterocycles. The third kappa shape index (κ3) is 4.19. The molecule has 1 saturated carbocycles. The molecule has 32 heavy (non-hydrogen) atoms. The highest BCUT2D eigenvalue weighted by atomic mass is 16.5. The Kier molecular flexibility index (Phi) is 5.79. The Bertz CT molecular complexity index is 1100. The summed E-state index contributed by atoms with van der Waals surface area (Å²) in [5.74, 6) is 1.28. The predicted octanol–water partition coefficient (Wildman–Crippen LogP) is 3.60. The normalized spacial score (nSPS) is 19.7. The number of piperidine rings is 1. The molecule has 2 heterocycles. The Hall–Kier alpha value is -2.99. The average molecular weight is 431 g/mol. The van der Waals surface area contributed by atoms with Crippen molar-refractivity contribution in [2.24, 2.45) is 11.3 Å². The number of hydrogen-bond donors (Lipinski definition) is 1. The second kappa shape index (κ2) is 8.87. The summed E-state index contributed by atoms with van der Waals surface area (Å²) in [6.07, 6.45) is 7.50. The molecule has 6 heteroatoms. The Labute approximate surface area is 189 Å². The molecule has 1 N–H and O–H groups in total. The van der Waals surface area contributed by atoms with Gasteiger partial charge in [-0.1, -0.05) is 30.3 Å². The van der Waals surface area contributed by atoms with Gasteiger partial charge in [0.25, 0.3) is 0 Å². The van der Waals surface area contributed by atoms with Gasteiger partial charge in [0, 0.05) is 31.4 Å². The van der Waals surface area contributed by atoms with Crippen molar-refractivity contribution in [1.82, 2.24) is 20.2 Å². The van der Waals surface area contributed by atoms with Gasteiger partial charge >= 0.3 is 0 Å². The van der Waals surface area contributed by atoms with Crippen molar-refractivity contribution in [3.63, 3.8) is 0 Å². The molecule has 2 aliphatic rings. The van der Waals surface area contributed by atoms with E-state index in [1.807, 2.05) is 24.3 Å². The standard InChI is InChI=1S/C26H30N4O2/c1-32-23-8-3-2-5-19(23)9-12-29-25(31)21-17-26(21)10-15-30(16-11-26)18-20-6-4-7-22-24(20)28-14-13-27-22/h2-8,13-14,21H,9-12,15-18H2,1H3,(H,29,31)/t21-/m1/s1. The molecule has 0 unspecified atom stereocenters. The highest BCUT2D eigenvalue weighted by molar-refractivity contribution is 5.82. The van der Waals surface area contributed by atoms with Crippen LogP contribution in [0.1, 0.15) is 30.4 Å². The number of aromatic nitrogens is 2. The third-order valence-corrected chi connectivity index (χ3v) is 7.22. The Morgan fingerprint density at radius 3 is 2.72 bits per heavy atom. The van der Waals surface area contributed by atoms with E-state index < -0.39 is 0 Å². The van der Waals surface area contributed by atoms with Crippen LogP contribution in [0.3, 0.4) is 0 Å². The van der Waals surface area contributed by atoms with E-state index in [0.29, 0.717) is 6.54 Å². The molecule has 1 spiro atoms. The molecule has 1 atom stereocenters. The molecule has 2 fully saturated rings. The first-order valence-corrected chi connectivity index (χ1v) is 11.5. The molecule has 1 aliphatic carbocycles. The van der Waals surface area contributed by atoms with Crippen molar-refractivity contribution in [3.05, 3.63) is 66.0 Å². The van der Waals surface area contributed by atoms with Crippen LogP contribution in [-0.4, -0.2) is 47.5 Å². The number of ether oxygens (including phenoxy) is 1.